The van der Waals surface area contributed by atoms with Gasteiger partial charge in [-0.25, -0.2) is 13.8 Å². The molecule has 0 unspecified atom stereocenters. The van der Waals surface area contributed by atoms with Crippen LogP contribution in [0, 0.1) is 18.6 Å². The van der Waals surface area contributed by atoms with E-state index in [4.69, 9.17) is 4.74 Å². The van der Waals surface area contributed by atoms with E-state index < -0.39 is 11.6 Å². The van der Waals surface area contributed by atoms with Crippen molar-refractivity contribution >= 4 is 11.3 Å². The van der Waals surface area contributed by atoms with Crippen molar-refractivity contribution in [3.63, 3.8) is 0 Å². The van der Waals surface area contributed by atoms with Gasteiger partial charge in [0.2, 0.25) is 0 Å². The van der Waals surface area contributed by atoms with Crippen LogP contribution < -0.4 is 10.1 Å². The highest BCUT2D eigenvalue weighted by molar-refractivity contribution is 7.11. The van der Waals surface area contributed by atoms with E-state index in [1.165, 1.54) is 23.5 Å². The van der Waals surface area contributed by atoms with E-state index in [2.05, 4.69) is 10.3 Å². The second kappa shape index (κ2) is 6.07. The van der Waals surface area contributed by atoms with Gasteiger partial charge in [-0.3, -0.25) is 0 Å². The summed E-state index contributed by atoms with van der Waals surface area (Å²) in [6.45, 7) is 2.48. The van der Waals surface area contributed by atoms with Crippen molar-refractivity contribution in [1.29, 1.82) is 0 Å². The summed E-state index contributed by atoms with van der Waals surface area (Å²) >= 11 is 1.45. The fraction of sp³-hybridized carbons (Fsp3) is 0.400. The van der Waals surface area contributed by atoms with E-state index in [9.17, 15) is 8.78 Å². The zero-order valence-electron chi connectivity index (χ0n) is 11.7. The number of aryl methyl sites for hydroxylation is 1. The summed E-state index contributed by atoms with van der Waals surface area (Å²) < 4.78 is 33.2. The normalized spacial score (nSPS) is 14.4. The Bertz CT molecular complexity index is 617. The smallest absolute Gasteiger partial charge is 0.191 e. The molecule has 0 aliphatic heterocycles. The highest BCUT2D eigenvalue weighted by Gasteiger charge is 2.21. The Morgan fingerprint density at radius 1 is 1.33 bits per heavy atom. The Kier molecular flexibility index (Phi) is 4.17. The summed E-state index contributed by atoms with van der Waals surface area (Å²) in [6.07, 6.45) is 3.94. The van der Waals surface area contributed by atoms with Crippen molar-refractivity contribution in [2.75, 3.05) is 0 Å². The van der Waals surface area contributed by atoms with Crippen molar-refractivity contribution in [2.24, 2.45) is 0 Å². The molecule has 1 heterocycles. The molecule has 0 spiro atoms. The van der Waals surface area contributed by atoms with Crippen LogP contribution in [0.1, 0.15) is 28.3 Å². The van der Waals surface area contributed by atoms with Crippen LogP contribution in [0.25, 0.3) is 0 Å². The minimum atomic E-state index is -0.663. The number of halogens is 2. The topological polar surface area (TPSA) is 34.1 Å². The number of thiazole rings is 1. The zero-order valence-corrected chi connectivity index (χ0v) is 12.5. The third kappa shape index (κ3) is 3.77. The van der Waals surface area contributed by atoms with E-state index in [1.807, 2.05) is 6.92 Å². The Labute approximate surface area is 126 Å². The summed E-state index contributed by atoms with van der Waals surface area (Å²) in [6, 6.07) is 3.15. The quantitative estimate of drug-likeness (QED) is 0.886. The molecule has 1 N–H and O–H groups in total. The standard InChI is InChI=1S/C15H16F2N2OS/c1-9-18-7-12(21-9)8-20-15-13(16)4-10(5-14(15)17)6-19-11-2-3-11/h4-5,7,11,19H,2-3,6,8H2,1H3. The summed E-state index contributed by atoms with van der Waals surface area (Å²) in [5.74, 6) is -1.65. The molecule has 1 aromatic carbocycles. The van der Waals surface area contributed by atoms with E-state index in [0.717, 1.165) is 22.7 Å². The van der Waals surface area contributed by atoms with Crippen LogP contribution in [0.4, 0.5) is 8.78 Å². The Morgan fingerprint density at radius 2 is 2.05 bits per heavy atom. The van der Waals surface area contributed by atoms with Crippen molar-refractivity contribution in [1.82, 2.24) is 10.3 Å². The van der Waals surface area contributed by atoms with Crippen molar-refractivity contribution in [3.05, 3.63) is 45.4 Å². The van der Waals surface area contributed by atoms with Gasteiger partial charge in [0.25, 0.3) is 0 Å². The molecule has 0 saturated heterocycles. The molecule has 1 aliphatic rings. The SMILES string of the molecule is Cc1ncc(COc2c(F)cc(CNC3CC3)cc2F)s1. The van der Waals surface area contributed by atoms with Gasteiger partial charge in [0.1, 0.15) is 6.61 Å². The van der Waals surface area contributed by atoms with E-state index in [0.29, 0.717) is 18.2 Å². The second-order valence-corrected chi connectivity index (χ2v) is 6.50. The Balaban J connectivity index is 1.66. The summed E-state index contributed by atoms with van der Waals surface area (Å²) in [5.41, 5.74) is 0.595. The van der Waals surface area contributed by atoms with Crippen LogP contribution in [-0.4, -0.2) is 11.0 Å². The van der Waals surface area contributed by atoms with Gasteiger partial charge in [-0.15, -0.1) is 11.3 Å². The molecule has 3 nitrogen and oxygen atoms in total. The van der Waals surface area contributed by atoms with Gasteiger partial charge in [-0.1, -0.05) is 0 Å². The highest BCUT2D eigenvalue weighted by Crippen LogP contribution is 2.26. The predicted octanol–water partition coefficient (Wildman–Crippen LogP) is 3.56. The summed E-state index contributed by atoms with van der Waals surface area (Å²) in [7, 11) is 0. The molecular weight excluding hydrogens is 294 g/mol. The average Bonchev–Trinajstić information content (AvgIpc) is 3.17. The molecule has 0 bridgehead atoms. The highest BCUT2D eigenvalue weighted by atomic mass is 32.1. The van der Waals surface area contributed by atoms with Crippen molar-refractivity contribution in [3.8, 4) is 5.75 Å². The van der Waals surface area contributed by atoms with E-state index in [-0.39, 0.29) is 12.4 Å². The predicted molar refractivity (Wildman–Crippen MR) is 77.4 cm³/mol. The molecule has 6 heteroatoms. The first-order valence-electron chi connectivity index (χ1n) is 6.87. The van der Waals surface area contributed by atoms with Gasteiger partial charge in [-0.05, 0) is 37.5 Å². The van der Waals surface area contributed by atoms with Crippen LogP contribution in [0.3, 0.4) is 0 Å². The number of nitrogens with zero attached hydrogens (tertiary/aromatic N) is 1. The van der Waals surface area contributed by atoms with Gasteiger partial charge in [0.05, 0.1) is 9.88 Å². The number of nitrogens with one attached hydrogen (secondary N) is 1. The number of rotatable bonds is 6. The molecule has 0 atom stereocenters. The maximum atomic E-state index is 14.0. The average molecular weight is 310 g/mol. The second-order valence-electron chi connectivity index (χ2n) is 5.18. The molecule has 21 heavy (non-hydrogen) atoms. The van der Waals surface area contributed by atoms with Crippen LogP contribution >= 0.6 is 11.3 Å². The van der Waals surface area contributed by atoms with Gasteiger partial charge in [0, 0.05) is 18.8 Å². The number of hydrogen-bond donors (Lipinski definition) is 1. The van der Waals surface area contributed by atoms with Gasteiger partial charge in [-0.2, -0.15) is 0 Å². The molecule has 3 rings (SSSR count). The number of aromatic nitrogens is 1. The molecule has 1 aromatic heterocycles. The molecule has 1 aliphatic carbocycles. The molecule has 0 amide bonds. The molecule has 2 aromatic rings. The lowest BCUT2D eigenvalue weighted by molar-refractivity contribution is 0.276. The molecular formula is C15H16F2N2OS. The minimum absolute atomic E-state index is 0.124. The van der Waals surface area contributed by atoms with Gasteiger partial charge >= 0.3 is 0 Å². The lowest BCUT2D eigenvalue weighted by atomic mass is 10.2. The van der Waals surface area contributed by atoms with E-state index in [1.54, 1.807) is 6.20 Å². The maximum absolute atomic E-state index is 14.0. The largest absolute Gasteiger partial charge is 0.482 e. The van der Waals surface area contributed by atoms with Crippen LogP contribution in [0.5, 0.6) is 5.75 Å². The first kappa shape index (κ1) is 14.4. The molecule has 1 fully saturated rings. The lowest BCUT2D eigenvalue weighted by Gasteiger charge is -2.10. The maximum Gasteiger partial charge on any atom is 0.191 e. The Morgan fingerprint density at radius 3 is 2.62 bits per heavy atom. The third-order valence-corrected chi connectivity index (χ3v) is 4.14. The molecule has 112 valence electrons. The van der Waals surface area contributed by atoms with Crippen molar-refractivity contribution in [2.45, 2.75) is 39.0 Å². The first-order chi connectivity index (χ1) is 10.1. The zero-order chi connectivity index (χ0) is 14.8. The monoisotopic (exact) mass is 310 g/mol. The number of hydrogen-bond acceptors (Lipinski definition) is 4. The van der Waals surface area contributed by atoms with E-state index >= 15 is 0 Å². The van der Waals surface area contributed by atoms with Gasteiger partial charge in [0.15, 0.2) is 17.4 Å². The summed E-state index contributed by atoms with van der Waals surface area (Å²) in [4.78, 5) is 4.92. The molecule has 0 radical (unpaired) electrons. The number of ether oxygens (including phenoxy) is 1. The summed E-state index contributed by atoms with van der Waals surface area (Å²) in [5, 5.41) is 4.13. The van der Waals surface area contributed by atoms with Gasteiger partial charge < -0.3 is 10.1 Å². The minimum Gasteiger partial charge on any atom is -0.482 e. The van der Waals surface area contributed by atoms with Crippen molar-refractivity contribution < 1.29 is 13.5 Å². The number of benzene rings is 1. The van der Waals surface area contributed by atoms with Crippen LogP contribution in [0.15, 0.2) is 18.3 Å². The molecule has 1 saturated carbocycles. The first-order valence-corrected chi connectivity index (χ1v) is 7.69. The Hall–Kier alpha value is -1.53. The van der Waals surface area contributed by atoms with Crippen LogP contribution in [0.2, 0.25) is 0 Å². The fourth-order valence-corrected chi connectivity index (χ4v) is 2.73. The lowest BCUT2D eigenvalue weighted by Crippen LogP contribution is -2.15. The fourth-order valence-electron chi connectivity index (χ4n) is 2.02. The third-order valence-electron chi connectivity index (χ3n) is 3.26. The van der Waals surface area contributed by atoms with Crippen LogP contribution in [-0.2, 0) is 13.2 Å².